The fraction of sp³-hybridized carbons (Fsp3) is 0.500. The number of nitrogens with zero attached hydrogens (tertiary/aromatic N) is 1. The molecule has 1 aromatic carbocycles. The molecule has 1 fully saturated rings. The van der Waals surface area contributed by atoms with Gasteiger partial charge in [-0.2, -0.15) is 0 Å². The predicted molar refractivity (Wildman–Crippen MR) is 72.8 cm³/mol. The molecule has 0 amide bonds. The van der Waals surface area contributed by atoms with Crippen LogP contribution in [0.2, 0.25) is 0 Å². The Bertz CT molecular complexity index is 399. The Morgan fingerprint density at radius 1 is 1.24 bits per heavy atom. The maximum Gasteiger partial charge on any atom is 0.0607 e. The van der Waals surface area contributed by atoms with Crippen molar-refractivity contribution in [3.8, 4) is 11.8 Å². The Morgan fingerprint density at radius 2 is 2.00 bits per heavy atom. The maximum atomic E-state index is 3.30. The second-order valence-electron chi connectivity index (χ2n) is 5.00. The summed E-state index contributed by atoms with van der Waals surface area (Å²) in [4.78, 5) is 2.50. The molecule has 1 heteroatoms. The first kappa shape index (κ1) is 12.2. The molecule has 0 unspecified atom stereocenters. The normalized spacial score (nSPS) is 25.1. The molecule has 0 aliphatic carbocycles. The van der Waals surface area contributed by atoms with E-state index in [4.69, 9.17) is 0 Å². The van der Waals surface area contributed by atoms with Crippen molar-refractivity contribution in [1.82, 2.24) is 4.90 Å². The van der Waals surface area contributed by atoms with Gasteiger partial charge in [0.25, 0.3) is 0 Å². The Balaban J connectivity index is 1.92. The summed E-state index contributed by atoms with van der Waals surface area (Å²) in [5.41, 5.74) is 1.12. The highest BCUT2D eigenvalue weighted by atomic mass is 15.2. The van der Waals surface area contributed by atoms with Gasteiger partial charge in [-0.25, -0.2) is 0 Å². The van der Waals surface area contributed by atoms with Crippen molar-refractivity contribution >= 4 is 0 Å². The number of rotatable bonds is 1. The monoisotopic (exact) mass is 227 g/mol. The predicted octanol–water partition coefficient (Wildman–Crippen LogP) is 3.16. The fourth-order valence-electron chi connectivity index (χ4n) is 2.41. The van der Waals surface area contributed by atoms with Gasteiger partial charge in [0.2, 0.25) is 0 Å². The van der Waals surface area contributed by atoms with Crippen molar-refractivity contribution < 1.29 is 0 Å². The third-order valence-electron chi connectivity index (χ3n) is 3.79. The fourth-order valence-corrected chi connectivity index (χ4v) is 2.41. The van der Waals surface area contributed by atoms with Gasteiger partial charge in [0.05, 0.1) is 6.54 Å². The molecular weight excluding hydrogens is 206 g/mol. The first-order valence-corrected chi connectivity index (χ1v) is 6.55. The van der Waals surface area contributed by atoms with Crippen LogP contribution in [0.15, 0.2) is 30.3 Å². The Labute approximate surface area is 105 Å². The molecule has 90 valence electrons. The minimum Gasteiger partial charge on any atom is -0.289 e. The van der Waals surface area contributed by atoms with Crippen LogP contribution in [0.25, 0.3) is 0 Å². The lowest BCUT2D eigenvalue weighted by Crippen LogP contribution is -2.42. The second-order valence-corrected chi connectivity index (χ2v) is 5.00. The molecule has 0 bridgehead atoms. The van der Waals surface area contributed by atoms with Crippen molar-refractivity contribution in [2.45, 2.75) is 32.7 Å². The van der Waals surface area contributed by atoms with E-state index in [1.807, 2.05) is 18.2 Å². The molecule has 0 saturated carbocycles. The van der Waals surface area contributed by atoms with E-state index in [2.05, 4.69) is 42.7 Å². The molecule has 2 atom stereocenters. The standard InChI is InChI=1S/C16H21N/c1-14-8-6-12-17(15(14)2)13-7-11-16-9-4-3-5-10-16/h3-5,9-10,14-15H,6,8,12-13H2,1-2H3/t14-,15+/m0/s1. The van der Waals surface area contributed by atoms with Crippen molar-refractivity contribution in [2.75, 3.05) is 13.1 Å². The summed E-state index contributed by atoms with van der Waals surface area (Å²) >= 11 is 0. The molecule has 2 rings (SSSR count). The number of piperidine rings is 1. The number of hydrogen-bond acceptors (Lipinski definition) is 1. The molecule has 0 N–H and O–H groups in total. The summed E-state index contributed by atoms with van der Waals surface area (Å²) in [6, 6.07) is 10.9. The summed E-state index contributed by atoms with van der Waals surface area (Å²) < 4.78 is 0. The van der Waals surface area contributed by atoms with E-state index in [0.29, 0.717) is 6.04 Å². The van der Waals surface area contributed by atoms with Gasteiger partial charge in [-0.05, 0) is 44.4 Å². The molecular formula is C16H21N. The van der Waals surface area contributed by atoms with E-state index in [0.717, 1.165) is 18.0 Å². The smallest absolute Gasteiger partial charge is 0.0607 e. The first-order chi connectivity index (χ1) is 8.27. The van der Waals surface area contributed by atoms with Crippen molar-refractivity contribution in [3.05, 3.63) is 35.9 Å². The van der Waals surface area contributed by atoms with Crippen LogP contribution in [-0.2, 0) is 0 Å². The van der Waals surface area contributed by atoms with Gasteiger partial charge in [-0.3, -0.25) is 4.90 Å². The number of hydrogen-bond donors (Lipinski definition) is 0. The minimum absolute atomic E-state index is 0.675. The number of benzene rings is 1. The third kappa shape index (κ3) is 3.35. The molecule has 1 aliphatic heterocycles. The van der Waals surface area contributed by atoms with Crippen LogP contribution in [0.1, 0.15) is 32.3 Å². The Hall–Kier alpha value is -1.26. The molecule has 17 heavy (non-hydrogen) atoms. The average molecular weight is 227 g/mol. The van der Waals surface area contributed by atoms with Crippen molar-refractivity contribution in [2.24, 2.45) is 5.92 Å². The van der Waals surface area contributed by atoms with Gasteiger partial charge in [-0.1, -0.05) is 37.0 Å². The summed E-state index contributed by atoms with van der Waals surface area (Å²) in [6.07, 6.45) is 2.68. The highest BCUT2D eigenvalue weighted by Gasteiger charge is 2.23. The van der Waals surface area contributed by atoms with Gasteiger partial charge in [0, 0.05) is 11.6 Å². The van der Waals surface area contributed by atoms with Crippen LogP contribution in [0.5, 0.6) is 0 Å². The van der Waals surface area contributed by atoms with Gasteiger partial charge in [-0.15, -0.1) is 0 Å². The maximum absolute atomic E-state index is 3.30. The Kier molecular flexibility index (Phi) is 4.23. The van der Waals surface area contributed by atoms with Crippen LogP contribution in [0.3, 0.4) is 0 Å². The lowest BCUT2D eigenvalue weighted by Gasteiger charge is -2.36. The molecule has 1 aromatic rings. The zero-order valence-corrected chi connectivity index (χ0v) is 10.8. The average Bonchev–Trinajstić information content (AvgIpc) is 2.36. The minimum atomic E-state index is 0.675. The van der Waals surface area contributed by atoms with Crippen LogP contribution in [-0.4, -0.2) is 24.0 Å². The highest BCUT2D eigenvalue weighted by molar-refractivity contribution is 5.33. The summed E-state index contributed by atoms with van der Waals surface area (Å²) in [7, 11) is 0. The van der Waals surface area contributed by atoms with E-state index in [-0.39, 0.29) is 0 Å². The molecule has 0 radical (unpaired) electrons. The molecule has 0 aromatic heterocycles. The number of likely N-dealkylation sites (tertiary alicyclic amines) is 1. The van der Waals surface area contributed by atoms with E-state index < -0.39 is 0 Å². The molecule has 1 heterocycles. The van der Waals surface area contributed by atoms with E-state index in [1.54, 1.807) is 0 Å². The zero-order valence-electron chi connectivity index (χ0n) is 10.8. The Morgan fingerprint density at radius 3 is 2.76 bits per heavy atom. The van der Waals surface area contributed by atoms with E-state index in [9.17, 15) is 0 Å². The molecule has 1 aliphatic rings. The lowest BCUT2D eigenvalue weighted by molar-refractivity contribution is 0.130. The topological polar surface area (TPSA) is 3.24 Å². The summed E-state index contributed by atoms with van der Waals surface area (Å²) in [5, 5.41) is 0. The van der Waals surface area contributed by atoms with Gasteiger partial charge >= 0.3 is 0 Å². The largest absolute Gasteiger partial charge is 0.289 e. The van der Waals surface area contributed by atoms with Crippen LogP contribution < -0.4 is 0 Å². The van der Waals surface area contributed by atoms with Crippen LogP contribution in [0, 0.1) is 17.8 Å². The lowest BCUT2D eigenvalue weighted by atomic mass is 9.92. The quantitative estimate of drug-likeness (QED) is 0.666. The highest BCUT2D eigenvalue weighted by Crippen LogP contribution is 2.21. The van der Waals surface area contributed by atoms with Gasteiger partial charge < -0.3 is 0 Å². The second kappa shape index (κ2) is 5.89. The molecule has 1 nitrogen and oxygen atoms in total. The summed E-state index contributed by atoms with van der Waals surface area (Å²) in [5.74, 6) is 7.34. The molecule has 1 saturated heterocycles. The van der Waals surface area contributed by atoms with E-state index in [1.165, 1.54) is 19.4 Å². The van der Waals surface area contributed by atoms with Crippen molar-refractivity contribution in [1.29, 1.82) is 0 Å². The van der Waals surface area contributed by atoms with Crippen LogP contribution >= 0.6 is 0 Å². The van der Waals surface area contributed by atoms with Crippen LogP contribution in [0.4, 0.5) is 0 Å². The van der Waals surface area contributed by atoms with Gasteiger partial charge in [0.1, 0.15) is 0 Å². The SMILES string of the molecule is C[C@@H]1[C@@H](C)CCCN1CC#Cc1ccccc1. The van der Waals surface area contributed by atoms with E-state index >= 15 is 0 Å². The third-order valence-corrected chi connectivity index (χ3v) is 3.79. The first-order valence-electron chi connectivity index (χ1n) is 6.55. The zero-order chi connectivity index (χ0) is 12.1. The van der Waals surface area contributed by atoms with Crippen molar-refractivity contribution in [3.63, 3.8) is 0 Å². The van der Waals surface area contributed by atoms with Gasteiger partial charge in [0.15, 0.2) is 0 Å². The summed E-state index contributed by atoms with van der Waals surface area (Å²) in [6.45, 7) is 6.78. The molecule has 0 spiro atoms.